The molecule has 4 aromatic rings. The van der Waals surface area contributed by atoms with E-state index in [4.69, 9.17) is 21.1 Å². The molecule has 0 bridgehead atoms. The van der Waals surface area contributed by atoms with E-state index < -0.39 is 17.5 Å². The number of carbonyl (C=O) groups excluding carboxylic acids is 2. The molecular weight excluding hydrogens is 461 g/mol. The number of Topliss-reactive ketones (excluding diaryl/α,β-unsaturated/α-hetero) is 1. The highest BCUT2D eigenvalue weighted by Gasteiger charge is 2.29. The van der Waals surface area contributed by atoms with Gasteiger partial charge in [-0.05, 0) is 48.9 Å². The van der Waals surface area contributed by atoms with Gasteiger partial charge in [-0.3, -0.25) is 9.59 Å². The first-order valence-corrected chi connectivity index (χ1v) is 10.7. The van der Waals surface area contributed by atoms with Crippen molar-refractivity contribution < 1.29 is 23.5 Å². The number of hydrogen-bond acceptors (Lipinski definition) is 5. The smallest absolute Gasteiger partial charge is 0.299 e. The molecule has 0 aliphatic heterocycles. The monoisotopic (exact) mass is 481 g/mol. The summed E-state index contributed by atoms with van der Waals surface area (Å²) in [5.74, 6) is -1.19. The maximum absolute atomic E-state index is 13.6. The standard InChI is InChI=1S/C25H21ClFN3O4/c1-14-23(19-12-18(33-2)6-7-21(19)29-14)24(31)25(32)30(17-8-9-28-22(11-17)34-3)13-15-4-5-16(27)10-20(15)26/h4-12,29H,13H2,1-3H3. The molecule has 7 nitrogen and oxygen atoms in total. The molecule has 9 heteroatoms. The molecule has 2 aromatic carbocycles. The van der Waals surface area contributed by atoms with E-state index >= 15 is 0 Å². The van der Waals surface area contributed by atoms with Crippen LogP contribution >= 0.6 is 11.6 Å². The van der Waals surface area contributed by atoms with Crippen LogP contribution in [0.5, 0.6) is 11.6 Å². The lowest BCUT2D eigenvalue weighted by Crippen LogP contribution is -2.36. The summed E-state index contributed by atoms with van der Waals surface area (Å²) in [4.78, 5) is 35.6. The van der Waals surface area contributed by atoms with Crippen molar-refractivity contribution in [1.29, 1.82) is 0 Å². The summed E-state index contributed by atoms with van der Waals surface area (Å²) in [5.41, 5.74) is 2.34. The van der Waals surface area contributed by atoms with E-state index in [0.717, 1.165) is 6.07 Å². The number of aromatic nitrogens is 2. The van der Waals surface area contributed by atoms with Crippen molar-refractivity contribution in [2.75, 3.05) is 19.1 Å². The summed E-state index contributed by atoms with van der Waals surface area (Å²) in [6.07, 6.45) is 1.47. The number of pyridine rings is 1. The number of hydrogen-bond donors (Lipinski definition) is 1. The second-order valence-corrected chi connectivity index (χ2v) is 7.96. The number of carbonyl (C=O) groups is 2. The topological polar surface area (TPSA) is 84.5 Å². The molecule has 0 unspecified atom stereocenters. The number of benzene rings is 2. The van der Waals surface area contributed by atoms with Crippen molar-refractivity contribution in [3.8, 4) is 11.6 Å². The number of aromatic amines is 1. The lowest BCUT2D eigenvalue weighted by Gasteiger charge is -2.23. The Bertz CT molecular complexity index is 1400. The molecular formula is C25H21ClFN3O4. The first kappa shape index (κ1) is 23.3. The highest BCUT2D eigenvalue weighted by atomic mass is 35.5. The third-order valence-electron chi connectivity index (χ3n) is 5.44. The normalized spacial score (nSPS) is 10.9. The summed E-state index contributed by atoms with van der Waals surface area (Å²) in [6.45, 7) is 1.66. The largest absolute Gasteiger partial charge is 0.497 e. The summed E-state index contributed by atoms with van der Waals surface area (Å²) in [6, 6.07) is 12.2. The van der Waals surface area contributed by atoms with Gasteiger partial charge < -0.3 is 19.4 Å². The van der Waals surface area contributed by atoms with Gasteiger partial charge in [-0.1, -0.05) is 17.7 Å². The van der Waals surface area contributed by atoms with E-state index in [1.165, 1.54) is 43.5 Å². The van der Waals surface area contributed by atoms with Crippen molar-refractivity contribution in [1.82, 2.24) is 9.97 Å². The molecule has 174 valence electrons. The summed E-state index contributed by atoms with van der Waals surface area (Å²) >= 11 is 6.22. The van der Waals surface area contributed by atoms with Crippen molar-refractivity contribution in [2.45, 2.75) is 13.5 Å². The second-order valence-electron chi connectivity index (χ2n) is 7.55. The fraction of sp³-hybridized carbons (Fsp3) is 0.160. The molecule has 0 saturated carbocycles. The average Bonchev–Trinajstić information content (AvgIpc) is 3.17. The number of H-pyrrole nitrogens is 1. The van der Waals surface area contributed by atoms with Gasteiger partial charge in [0.2, 0.25) is 5.88 Å². The van der Waals surface area contributed by atoms with Gasteiger partial charge in [0.15, 0.2) is 0 Å². The van der Waals surface area contributed by atoms with Gasteiger partial charge in [0, 0.05) is 33.9 Å². The van der Waals surface area contributed by atoms with Crippen molar-refractivity contribution in [2.24, 2.45) is 0 Å². The molecule has 0 radical (unpaired) electrons. The fourth-order valence-electron chi connectivity index (χ4n) is 3.73. The van der Waals surface area contributed by atoms with E-state index in [2.05, 4.69) is 9.97 Å². The molecule has 0 spiro atoms. The fourth-order valence-corrected chi connectivity index (χ4v) is 3.96. The van der Waals surface area contributed by atoms with Crippen LogP contribution in [0.1, 0.15) is 21.6 Å². The molecule has 2 heterocycles. The van der Waals surface area contributed by atoms with Crippen LogP contribution in [-0.2, 0) is 11.3 Å². The van der Waals surface area contributed by atoms with E-state index in [-0.39, 0.29) is 23.0 Å². The number of anilines is 1. The van der Waals surface area contributed by atoms with E-state index in [0.29, 0.717) is 33.6 Å². The van der Waals surface area contributed by atoms with Gasteiger partial charge in [-0.25, -0.2) is 9.37 Å². The Morgan fingerprint density at radius 2 is 1.88 bits per heavy atom. The molecule has 0 atom stereocenters. The Labute approximate surface area is 200 Å². The minimum atomic E-state index is -0.791. The Balaban J connectivity index is 1.79. The number of halogens is 2. The molecule has 34 heavy (non-hydrogen) atoms. The van der Waals surface area contributed by atoms with Gasteiger partial charge in [0.05, 0.1) is 32.0 Å². The highest BCUT2D eigenvalue weighted by Crippen LogP contribution is 2.29. The molecule has 2 aromatic heterocycles. The lowest BCUT2D eigenvalue weighted by molar-refractivity contribution is -0.114. The summed E-state index contributed by atoms with van der Waals surface area (Å²) in [7, 11) is 2.97. The number of ether oxygens (including phenoxy) is 2. The summed E-state index contributed by atoms with van der Waals surface area (Å²) < 4.78 is 24.0. The highest BCUT2D eigenvalue weighted by molar-refractivity contribution is 6.49. The van der Waals surface area contributed by atoms with Gasteiger partial charge in [-0.15, -0.1) is 0 Å². The van der Waals surface area contributed by atoms with Crippen LogP contribution in [0.25, 0.3) is 10.9 Å². The number of aryl methyl sites for hydroxylation is 1. The number of fused-ring (bicyclic) bond motifs is 1. The van der Waals surface area contributed by atoms with E-state index in [9.17, 15) is 14.0 Å². The molecule has 1 amide bonds. The van der Waals surface area contributed by atoms with Gasteiger partial charge in [0.25, 0.3) is 11.7 Å². The molecule has 0 fully saturated rings. The predicted molar refractivity (Wildman–Crippen MR) is 127 cm³/mol. The second kappa shape index (κ2) is 9.52. The first-order valence-electron chi connectivity index (χ1n) is 10.3. The zero-order valence-electron chi connectivity index (χ0n) is 18.7. The van der Waals surface area contributed by atoms with E-state index in [1.54, 1.807) is 31.2 Å². The maximum atomic E-state index is 13.6. The van der Waals surface area contributed by atoms with Crippen LogP contribution < -0.4 is 14.4 Å². The van der Waals surface area contributed by atoms with Gasteiger partial charge in [0.1, 0.15) is 11.6 Å². The number of amides is 1. The third kappa shape index (κ3) is 4.45. The van der Waals surface area contributed by atoms with Crippen LogP contribution in [-0.4, -0.2) is 35.9 Å². The van der Waals surface area contributed by atoms with Gasteiger partial charge >= 0.3 is 0 Å². The zero-order valence-corrected chi connectivity index (χ0v) is 19.4. The number of methoxy groups -OCH3 is 2. The van der Waals surface area contributed by atoms with Crippen LogP contribution in [0.4, 0.5) is 10.1 Å². The van der Waals surface area contributed by atoms with Crippen LogP contribution in [0.3, 0.4) is 0 Å². The molecule has 4 rings (SSSR count). The minimum absolute atomic E-state index is 0.0679. The van der Waals surface area contributed by atoms with Crippen LogP contribution in [0.2, 0.25) is 5.02 Å². The number of rotatable bonds is 7. The third-order valence-corrected chi connectivity index (χ3v) is 5.79. The lowest BCUT2D eigenvalue weighted by atomic mass is 10.0. The van der Waals surface area contributed by atoms with Crippen molar-refractivity contribution >= 4 is 39.9 Å². The van der Waals surface area contributed by atoms with E-state index in [1.807, 2.05) is 0 Å². The molecule has 0 aliphatic rings. The molecule has 0 saturated heterocycles. The van der Waals surface area contributed by atoms with Crippen LogP contribution in [0, 0.1) is 12.7 Å². The maximum Gasteiger partial charge on any atom is 0.299 e. The number of ketones is 1. The Morgan fingerprint density at radius 3 is 2.59 bits per heavy atom. The van der Waals surface area contributed by atoms with Gasteiger partial charge in [-0.2, -0.15) is 0 Å². The Morgan fingerprint density at radius 1 is 1.09 bits per heavy atom. The molecule has 0 aliphatic carbocycles. The first-order chi connectivity index (χ1) is 16.3. The SMILES string of the molecule is COc1ccc2[nH]c(C)c(C(=O)C(=O)N(Cc3ccc(F)cc3Cl)c3ccnc(OC)c3)c2c1. The summed E-state index contributed by atoms with van der Waals surface area (Å²) in [5, 5.41) is 0.710. The van der Waals surface area contributed by atoms with Crippen molar-refractivity contribution in [3.05, 3.63) is 82.4 Å². The zero-order chi connectivity index (χ0) is 24.4. The quantitative estimate of drug-likeness (QED) is 0.293. The number of nitrogens with one attached hydrogen (secondary N) is 1. The number of nitrogens with zero attached hydrogens (tertiary/aromatic N) is 2. The van der Waals surface area contributed by atoms with Crippen molar-refractivity contribution in [3.63, 3.8) is 0 Å². The Hall–Kier alpha value is -3.91. The average molecular weight is 482 g/mol. The minimum Gasteiger partial charge on any atom is -0.497 e. The Kier molecular flexibility index (Phi) is 6.51. The predicted octanol–water partition coefficient (Wildman–Crippen LogP) is 5.10. The molecule has 1 N–H and O–H groups in total. The van der Waals surface area contributed by atoms with Crippen LogP contribution in [0.15, 0.2) is 54.7 Å².